The van der Waals surface area contributed by atoms with Gasteiger partial charge in [0.1, 0.15) is 5.75 Å². The molecule has 1 heterocycles. The van der Waals surface area contributed by atoms with Crippen molar-refractivity contribution in [2.24, 2.45) is 0 Å². The third-order valence-electron chi connectivity index (χ3n) is 5.66. The van der Waals surface area contributed by atoms with Crippen LogP contribution in [-0.2, 0) is 20.7 Å². The number of para-hydroxylation sites is 1. The maximum Gasteiger partial charge on any atom is 0.340 e. The fourth-order valence-electron chi connectivity index (χ4n) is 3.75. The van der Waals surface area contributed by atoms with Gasteiger partial charge >= 0.3 is 11.9 Å². The molecule has 0 saturated carbocycles. The Morgan fingerprint density at radius 2 is 1.61 bits per heavy atom. The molecule has 3 rings (SSSR count). The Labute approximate surface area is 208 Å². The van der Waals surface area contributed by atoms with Gasteiger partial charge in [-0.25, -0.2) is 9.59 Å². The summed E-state index contributed by atoms with van der Waals surface area (Å²) in [5.74, 6) is -1.35. The fraction of sp³-hybridized carbons (Fsp3) is 0.259. The van der Waals surface area contributed by atoms with Crippen molar-refractivity contribution < 1.29 is 33.4 Å². The van der Waals surface area contributed by atoms with Crippen LogP contribution in [-0.4, -0.2) is 49.4 Å². The molecule has 0 aliphatic carbocycles. The number of esters is 2. The number of hydrogen-bond donors (Lipinski definition) is 2. The Morgan fingerprint density at radius 1 is 0.917 bits per heavy atom. The molecule has 0 aliphatic rings. The van der Waals surface area contributed by atoms with Crippen LogP contribution in [0.2, 0.25) is 0 Å². The SMILES string of the molecule is COC(=O)c1c(C)[nH]c(C(=O)COC(=O)c2ccccc2NC(=O)CCc2ccc(OC)cc2)c1C. The van der Waals surface area contributed by atoms with Crippen molar-refractivity contribution in [3.8, 4) is 5.75 Å². The fourth-order valence-corrected chi connectivity index (χ4v) is 3.75. The minimum Gasteiger partial charge on any atom is -0.497 e. The van der Waals surface area contributed by atoms with Crippen LogP contribution < -0.4 is 10.1 Å². The third-order valence-corrected chi connectivity index (χ3v) is 5.66. The van der Waals surface area contributed by atoms with Gasteiger partial charge in [-0.3, -0.25) is 9.59 Å². The number of Topliss-reactive ketones (excluding diaryl/α,β-unsaturated/α-hetero) is 1. The molecule has 9 nitrogen and oxygen atoms in total. The predicted molar refractivity (Wildman–Crippen MR) is 133 cm³/mol. The Hall–Kier alpha value is -4.40. The first-order valence-electron chi connectivity index (χ1n) is 11.2. The molecule has 0 fully saturated rings. The number of ether oxygens (including phenoxy) is 3. The number of anilines is 1. The molecule has 2 N–H and O–H groups in total. The van der Waals surface area contributed by atoms with Crippen LogP contribution in [0, 0.1) is 13.8 Å². The highest BCUT2D eigenvalue weighted by Gasteiger charge is 2.24. The van der Waals surface area contributed by atoms with Gasteiger partial charge in [-0.15, -0.1) is 0 Å². The Kier molecular flexibility index (Phi) is 8.61. The Balaban J connectivity index is 1.61. The summed E-state index contributed by atoms with van der Waals surface area (Å²) in [5.41, 5.74) is 2.73. The van der Waals surface area contributed by atoms with Gasteiger partial charge < -0.3 is 24.5 Å². The number of aromatic nitrogens is 1. The van der Waals surface area contributed by atoms with Crippen molar-refractivity contribution in [2.75, 3.05) is 26.1 Å². The molecule has 9 heteroatoms. The maximum atomic E-state index is 12.7. The summed E-state index contributed by atoms with van der Waals surface area (Å²) >= 11 is 0. The first-order valence-corrected chi connectivity index (χ1v) is 11.2. The number of methoxy groups -OCH3 is 2. The molecule has 0 bridgehead atoms. The highest BCUT2D eigenvalue weighted by Crippen LogP contribution is 2.21. The lowest BCUT2D eigenvalue weighted by Crippen LogP contribution is -2.19. The minimum absolute atomic E-state index is 0.123. The van der Waals surface area contributed by atoms with E-state index in [9.17, 15) is 19.2 Å². The average Bonchev–Trinajstić information content (AvgIpc) is 3.19. The van der Waals surface area contributed by atoms with Crippen molar-refractivity contribution in [1.82, 2.24) is 4.98 Å². The highest BCUT2D eigenvalue weighted by atomic mass is 16.5. The van der Waals surface area contributed by atoms with E-state index in [4.69, 9.17) is 14.2 Å². The Morgan fingerprint density at radius 3 is 2.28 bits per heavy atom. The van der Waals surface area contributed by atoms with Crippen molar-refractivity contribution in [3.63, 3.8) is 0 Å². The van der Waals surface area contributed by atoms with Crippen LogP contribution in [0.3, 0.4) is 0 Å². The van der Waals surface area contributed by atoms with Crippen LogP contribution in [0.1, 0.15) is 54.4 Å². The second-order valence-electron chi connectivity index (χ2n) is 8.06. The number of ketones is 1. The molecule has 36 heavy (non-hydrogen) atoms. The topological polar surface area (TPSA) is 124 Å². The van der Waals surface area contributed by atoms with Crippen LogP contribution in [0.4, 0.5) is 5.69 Å². The number of H-pyrrole nitrogens is 1. The smallest absolute Gasteiger partial charge is 0.340 e. The van der Waals surface area contributed by atoms with Crippen molar-refractivity contribution >= 4 is 29.3 Å². The summed E-state index contributed by atoms with van der Waals surface area (Å²) in [4.78, 5) is 52.7. The van der Waals surface area contributed by atoms with E-state index in [1.807, 2.05) is 24.3 Å². The third kappa shape index (κ3) is 6.18. The molecule has 0 atom stereocenters. The van der Waals surface area contributed by atoms with Crippen molar-refractivity contribution in [3.05, 3.63) is 82.2 Å². The number of aryl methyl sites for hydroxylation is 2. The second kappa shape index (κ2) is 11.8. The second-order valence-corrected chi connectivity index (χ2v) is 8.06. The predicted octanol–water partition coefficient (Wildman–Crippen LogP) is 4.04. The summed E-state index contributed by atoms with van der Waals surface area (Å²) in [6, 6.07) is 13.8. The van der Waals surface area contributed by atoms with Crippen LogP contribution in [0.5, 0.6) is 5.75 Å². The summed E-state index contributed by atoms with van der Waals surface area (Å²) in [5, 5.41) is 2.74. The first kappa shape index (κ1) is 26.2. The molecule has 0 radical (unpaired) electrons. The zero-order chi connectivity index (χ0) is 26.2. The molecule has 0 saturated heterocycles. The van der Waals surface area contributed by atoms with Gasteiger partial charge in [-0.1, -0.05) is 24.3 Å². The average molecular weight is 493 g/mol. The number of benzene rings is 2. The normalized spacial score (nSPS) is 10.4. The molecule has 1 aromatic heterocycles. The number of nitrogens with one attached hydrogen (secondary N) is 2. The van der Waals surface area contributed by atoms with E-state index in [1.165, 1.54) is 13.2 Å². The minimum atomic E-state index is -0.761. The van der Waals surface area contributed by atoms with Crippen LogP contribution in [0.25, 0.3) is 0 Å². The van der Waals surface area contributed by atoms with Crippen molar-refractivity contribution in [2.45, 2.75) is 26.7 Å². The maximum absolute atomic E-state index is 12.7. The molecule has 2 aromatic carbocycles. The lowest BCUT2D eigenvalue weighted by molar-refractivity contribution is -0.116. The quantitative estimate of drug-likeness (QED) is 0.323. The number of amides is 1. The van der Waals surface area contributed by atoms with Crippen LogP contribution in [0.15, 0.2) is 48.5 Å². The first-order chi connectivity index (χ1) is 17.2. The van der Waals surface area contributed by atoms with Crippen LogP contribution >= 0.6 is 0 Å². The summed E-state index contributed by atoms with van der Waals surface area (Å²) < 4.78 is 15.1. The van der Waals surface area contributed by atoms with E-state index >= 15 is 0 Å². The lowest BCUT2D eigenvalue weighted by atomic mass is 10.1. The number of carbonyl (C=O) groups is 4. The van der Waals surface area contributed by atoms with Gasteiger partial charge in [0.2, 0.25) is 11.7 Å². The zero-order valence-electron chi connectivity index (χ0n) is 20.6. The van der Waals surface area contributed by atoms with E-state index in [-0.39, 0.29) is 34.8 Å². The number of hydrogen-bond acceptors (Lipinski definition) is 7. The van der Waals surface area contributed by atoms with Gasteiger partial charge in [-0.05, 0) is 55.7 Å². The summed E-state index contributed by atoms with van der Waals surface area (Å²) in [6.45, 7) is 2.72. The van der Waals surface area contributed by atoms with Gasteiger partial charge in [-0.2, -0.15) is 0 Å². The van der Waals surface area contributed by atoms with Gasteiger partial charge in [0.25, 0.3) is 0 Å². The molecular formula is C27H28N2O7. The molecule has 3 aromatic rings. The molecule has 0 unspecified atom stereocenters. The molecule has 0 aliphatic heterocycles. The van der Waals surface area contributed by atoms with E-state index < -0.39 is 24.3 Å². The standard InChI is InChI=1S/C27H28N2O7/c1-16-24(27(33)35-4)17(2)28-25(16)22(30)15-36-26(32)20-7-5-6-8-21(20)29-23(31)14-11-18-9-12-19(34-3)13-10-18/h5-10,12-13,28H,11,14-15H2,1-4H3,(H,29,31). The largest absolute Gasteiger partial charge is 0.497 e. The van der Waals surface area contributed by atoms with E-state index in [0.29, 0.717) is 17.7 Å². The number of rotatable bonds is 10. The monoisotopic (exact) mass is 492 g/mol. The van der Waals surface area contributed by atoms with Gasteiger partial charge in [0.05, 0.1) is 36.7 Å². The van der Waals surface area contributed by atoms with Gasteiger partial charge in [0, 0.05) is 12.1 Å². The molecule has 1 amide bonds. The molecular weight excluding hydrogens is 464 g/mol. The lowest BCUT2D eigenvalue weighted by Gasteiger charge is -2.11. The van der Waals surface area contributed by atoms with E-state index in [2.05, 4.69) is 10.3 Å². The Bertz CT molecular complexity index is 1280. The number of aromatic amines is 1. The van der Waals surface area contributed by atoms with Gasteiger partial charge in [0.15, 0.2) is 6.61 Å². The zero-order valence-corrected chi connectivity index (χ0v) is 20.6. The van der Waals surface area contributed by atoms with Crippen molar-refractivity contribution in [1.29, 1.82) is 0 Å². The molecule has 0 spiro atoms. The highest BCUT2D eigenvalue weighted by molar-refractivity contribution is 6.05. The summed E-state index contributed by atoms with van der Waals surface area (Å²) in [6.07, 6.45) is 0.724. The number of carbonyl (C=O) groups excluding carboxylic acids is 4. The van der Waals surface area contributed by atoms with E-state index in [1.54, 1.807) is 39.2 Å². The molecule has 188 valence electrons. The summed E-state index contributed by atoms with van der Waals surface area (Å²) in [7, 11) is 2.84. The van der Waals surface area contributed by atoms with E-state index in [0.717, 1.165) is 11.3 Å².